The molecular formula is C14H15FN2S. The number of thiazole rings is 1. The standard InChI is InChI=1S/C14H15FN2S/c15-11-5-3-10(4-6-11)8-14-17-13(9-18-14)12-2-1-7-16-12/h3-6,9,12,16H,1-2,7-8H2/t12-/m0/s1. The van der Waals surface area contributed by atoms with Crippen LogP contribution in [-0.2, 0) is 6.42 Å². The van der Waals surface area contributed by atoms with Gasteiger partial charge < -0.3 is 5.32 Å². The zero-order chi connectivity index (χ0) is 12.4. The average molecular weight is 262 g/mol. The van der Waals surface area contributed by atoms with Crippen molar-refractivity contribution in [2.24, 2.45) is 0 Å². The average Bonchev–Trinajstić information content (AvgIpc) is 3.02. The minimum Gasteiger partial charge on any atom is -0.309 e. The summed E-state index contributed by atoms with van der Waals surface area (Å²) in [5.41, 5.74) is 2.27. The van der Waals surface area contributed by atoms with E-state index in [2.05, 4.69) is 15.7 Å². The van der Waals surface area contributed by atoms with Crippen LogP contribution in [-0.4, -0.2) is 11.5 Å². The van der Waals surface area contributed by atoms with Gasteiger partial charge in [0.25, 0.3) is 0 Å². The summed E-state index contributed by atoms with van der Waals surface area (Å²) in [5, 5.41) is 6.69. The number of aromatic nitrogens is 1. The van der Waals surface area contributed by atoms with Crippen LogP contribution in [0.15, 0.2) is 29.6 Å². The molecule has 2 heterocycles. The first-order valence-corrected chi connectivity index (χ1v) is 7.11. The first-order chi connectivity index (χ1) is 8.81. The SMILES string of the molecule is Fc1ccc(Cc2nc([C@@H]3CCCN3)cs2)cc1. The molecule has 0 aliphatic carbocycles. The molecule has 1 aliphatic heterocycles. The van der Waals surface area contributed by atoms with E-state index in [-0.39, 0.29) is 5.82 Å². The van der Waals surface area contributed by atoms with E-state index >= 15 is 0 Å². The Morgan fingerprint density at radius 2 is 2.17 bits per heavy atom. The van der Waals surface area contributed by atoms with Gasteiger partial charge in [0.15, 0.2) is 0 Å². The molecule has 2 nitrogen and oxygen atoms in total. The summed E-state index contributed by atoms with van der Waals surface area (Å²) in [7, 11) is 0. The highest BCUT2D eigenvalue weighted by molar-refractivity contribution is 7.09. The Kier molecular flexibility index (Phi) is 3.39. The van der Waals surface area contributed by atoms with Gasteiger partial charge in [0.05, 0.1) is 16.7 Å². The quantitative estimate of drug-likeness (QED) is 0.918. The van der Waals surface area contributed by atoms with Gasteiger partial charge in [-0.3, -0.25) is 0 Å². The molecule has 0 saturated carbocycles. The zero-order valence-electron chi connectivity index (χ0n) is 10.0. The highest BCUT2D eigenvalue weighted by Crippen LogP contribution is 2.25. The smallest absolute Gasteiger partial charge is 0.123 e. The minimum absolute atomic E-state index is 0.186. The van der Waals surface area contributed by atoms with Crippen molar-refractivity contribution >= 4 is 11.3 Å². The highest BCUT2D eigenvalue weighted by atomic mass is 32.1. The molecule has 1 saturated heterocycles. The van der Waals surface area contributed by atoms with E-state index in [0.717, 1.165) is 29.2 Å². The Morgan fingerprint density at radius 1 is 1.33 bits per heavy atom. The lowest BCUT2D eigenvalue weighted by Crippen LogP contribution is -2.13. The Labute approximate surface area is 110 Å². The van der Waals surface area contributed by atoms with Gasteiger partial charge in [-0.25, -0.2) is 9.37 Å². The summed E-state index contributed by atoms with van der Waals surface area (Å²) < 4.78 is 12.8. The molecule has 18 heavy (non-hydrogen) atoms. The number of hydrogen-bond donors (Lipinski definition) is 1. The van der Waals surface area contributed by atoms with Crippen molar-refractivity contribution in [2.45, 2.75) is 25.3 Å². The third kappa shape index (κ3) is 2.60. The molecule has 0 unspecified atom stereocenters. The van der Waals surface area contributed by atoms with Crippen LogP contribution in [0.1, 0.15) is 35.1 Å². The lowest BCUT2D eigenvalue weighted by molar-refractivity contribution is 0.626. The van der Waals surface area contributed by atoms with Gasteiger partial charge in [0.1, 0.15) is 5.82 Å². The van der Waals surface area contributed by atoms with Gasteiger partial charge in [-0.1, -0.05) is 12.1 Å². The normalized spacial score (nSPS) is 19.3. The van der Waals surface area contributed by atoms with Crippen LogP contribution in [0.25, 0.3) is 0 Å². The van der Waals surface area contributed by atoms with E-state index in [1.165, 1.54) is 25.0 Å². The third-order valence-corrected chi connectivity index (χ3v) is 4.12. The molecule has 94 valence electrons. The maximum absolute atomic E-state index is 12.8. The molecule has 1 fully saturated rings. The van der Waals surface area contributed by atoms with Gasteiger partial charge in [-0.05, 0) is 37.1 Å². The van der Waals surface area contributed by atoms with Crippen molar-refractivity contribution in [3.05, 3.63) is 51.7 Å². The second-order valence-electron chi connectivity index (χ2n) is 4.62. The van der Waals surface area contributed by atoms with Gasteiger partial charge in [0, 0.05) is 11.8 Å². The molecular weight excluding hydrogens is 247 g/mol. The van der Waals surface area contributed by atoms with E-state index in [4.69, 9.17) is 0 Å². The largest absolute Gasteiger partial charge is 0.309 e. The molecule has 0 amide bonds. The molecule has 1 N–H and O–H groups in total. The van der Waals surface area contributed by atoms with Crippen LogP contribution in [0.2, 0.25) is 0 Å². The van der Waals surface area contributed by atoms with Gasteiger partial charge in [-0.15, -0.1) is 11.3 Å². The third-order valence-electron chi connectivity index (χ3n) is 3.26. The summed E-state index contributed by atoms with van der Waals surface area (Å²) in [6.07, 6.45) is 3.20. The number of hydrogen-bond acceptors (Lipinski definition) is 3. The van der Waals surface area contributed by atoms with E-state index in [0.29, 0.717) is 6.04 Å². The summed E-state index contributed by atoms with van der Waals surface area (Å²) in [6, 6.07) is 7.09. The molecule has 0 radical (unpaired) electrons. The Balaban J connectivity index is 1.71. The van der Waals surface area contributed by atoms with Crippen LogP contribution in [0.4, 0.5) is 4.39 Å². The summed E-state index contributed by atoms with van der Waals surface area (Å²) >= 11 is 1.69. The van der Waals surface area contributed by atoms with Crippen molar-refractivity contribution in [1.29, 1.82) is 0 Å². The lowest BCUT2D eigenvalue weighted by Gasteiger charge is -2.05. The topological polar surface area (TPSA) is 24.9 Å². The van der Waals surface area contributed by atoms with Crippen LogP contribution in [0.3, 0.4) is 0 Å². The fourth-order valence-corrected chi connectivity index (χ4v) is 3.16. The number of rotatable bonds is 3. The molecule has 0 spiro atoms. The number of nitrogens with zero attached hydrogens (tertiary/aromatic N) is 1. The lowest BCUT2D eigenvalue weighted by atomic mass is 10.1. The summed E-state index contributed by atoms with van der Waals surface area (Å²) in [4.78, 5) is 4.67. The Bertz CT molecular complexity index is 515. The molecule has 1 aromatic heterocycles. The van der Waals surface area contributed by atoms with Crippen LogP contribution < -0.4 is 5.32 Å². The van der Waals surface area contributed by atoms with Crippen LogP contribution >= 0.6 is 11.3 Å². The van der Waals surface area contributed by atoms with Gasteiger partial charge >= 0.3 is 0 Å². The monoisotopic (exact) mass is 262 g/mol. The molecule has 4 heteroatoms. The zero-order valence-corrected chi connectivity index (χ0v) is 10.8. The number of nitrogens with one attached hydrogen (secondary N) is 1. The van der Waals surface area contributed by atoms with E-state index in [1.807, 2.05) is 12.1 Å². The maximum Gasteiger partial charge on any atom is 0.123 e. The fourth-order valence-electron chi connectivity index (χ4n) is 2.28. The molecule has 2 aromatic rings. The molecule has 0 bridgehead atoms. The van der Waals surface area contributed by atoms with Crippen LogP contribution in [0, 0.1) is 5.82 Å². The van der Waals surface area contributed by atoms with Crippen LogP contribution in [0.5, 0.6) is 0 Å². The summed E-state index contributed by atoms with van der Waals surface area (Å²) in [6.45, 7) is 1.09. The van der Waals surface area contributed by atoms with Crippen molar-refractivity contribution in [3.63, 3.8) is 0 Å². The van der Waals surface area contributed by atoms with E-state index < -0.39 is 0 Å². The second-order valence-corrected chi connectivity index (χ2v) is 5.56. The number of benzene rings is 1. The Morgan fingerprint density at radius 3 is 2.89 bits per heavy atom. The number of halogens is 1. The predicted octanol–water partition coefficient (Wildman–Crippen LogP) is 3.30. The maximum atomic E-state index is 12.8. The Hall–Kier alpha value is -1.26. The molecule has 1 atom stereocenters. The van der Waals surface area contributed by atoms with E-state index in [1.54, 1.807) is 11.3 Å². The molecule has 1 aromatic carbocycles. The van der Waals surface area contributed by atoms with Gasteiger partial charge in [-0.2, -0.15) is 0 Å². The van der Waals surface area contributed by atoms with Crippen molar-refractivity contribution in [2.75, 3.05) is 6.54 Å². The molecule has 3 rings (SSSR count). The first kappa shape index (κ1) is 11.8. The summed E-state index contributed by atoms with van der Waals surface area (Å²) in [5.74, 6) is -0.186. The van der Waals surface area contributed by atoms with E-state index in [9.17, 15) is 4.39 Å². The van der Waals surface area contributed by atoms with Crippen molar-refractivity contribution in [1.82, 2.24) is 10.3 Å². The van der Waals surface area contributed by atoms with Gasteiger partial charge in [0.2, 0.25) is 0 Å². The predicted molar refractivity (Wildman–Crippen MR) is 71.3 cm³/mol. The highest BCUT2D eigenvalue weighted by Gasteiger charge is 2.18. The fraction of sp³-hybridized carbons (Fsp3) is 0.357. The van der Waals surface area contributed by atoms with Crippen molar-refractivity contribution < 1.29 is 4.39 Å². The minimum atomic E-state index is -0.186. The second kappa shape index (κ2) is 5.16. The molecule has 1 aliphatic rings. The van der Waals surface area contributed by atoms with Crippen molar-refractivity contribution in [3.8, 4) is 0 Å². The first-order valence-electron chi connectivity index (χ1n) is 6.23.